The van der Waals surface area contributed by atoms with Crippen LogP contribution >= 0.6 is 11.8 Å². The summed E-state index contributed by atoms with van der Waals surface area (Å²) in [6, 6.07) is 17.4. The monoisotopic (exact) mass is 378 g/mol. The van der Waals surface area contributed by atoms with Gasteiger partial charge in [0.25, 0.3) is 0 Å². The van der Waals surface area contributed by atoms with E-state index in [1.165, 1.54) is 27.2 Å². The van der Waals surface area contributed by atoms with E-state index in [0.717, 1.165) is 15.5 Å². The Bertz CT molecular complexity index is 1190. The molecule has 8 heteroatoms. The zero-order valence-electron chi connectivity index (χ0n) is 14.1. The van der Waals surface area contributed by atoms with Crippen LogP contribution in [0, 0.1) is 0 Å². The SMILES string of the molecule is O=c1n(Cc2ccc3c(c2)OCO3)nc2cc(Sc3ccccc3)ncn12. The number of ether oxygens (including phenoxy) is 2. The first-order valence-corrected chi connectivity index (χ1v) is 9.14. The third kappa shape index (κ3) is 3.04. The molecule has 5 rings (SSSR count). The molecule has 0 bridgehead atoms. The molecule has 27 heavy (non-hydrogen) atoms. The Kier molecular flexibility index (Phi) is 3.83. The largest absolute Gasteiger partial charge is 0.454 e. The van der Waals surface area contributed by atoms with E-state index in [1.807, 2.05) is 54.6 Å². The number of rotatable bonds is 4. The van der Waals surface area contributed by atoms with Gasteiger partial charge in [0.1, 0.15) is 11.4 Å². The van der Waals surface area contributed by atoms with Crippen molar-refractivity contribution in [3.8, 4) is 11.5 Å². The fourth-order valence-electron chi connectivity index (χ4n) is 2.89. The second-order valence-corrected chi connectivity index (χ2v) is 7.09. The molecule has 0 fully saturated rings. The zero-order valence-corrected chi connectivity index (χ0v) is 14.9. The van der Waals surface area contributed by atoms with Gasteiger partial charge in [-0.2, -0.15) is 0 Å². The summed E-state index contributed by atoms with van der Waals surface area (Å²) < 4.78 is 13.6. The first-order chi connectivity index (χ1) is 13.3. The van der Waals surface area contributed by atoms with Crippen LogP contribution in [-0.2, 0) is 6.54 Å². The van der Waals surface area contributed by atoms with Crippen molar-refractivity contribution < 1.29 is 9.47 Å². The van der Waals surface area contributed by atoms with Gasteiger partial charge in [-0.05, 0) is 29.8 Å². The van der Waals surface area contributed by atoms with E-state index < -0.39 is 0 Å². The molecule has 134 valence electrons. The van der Waals surface area contributed by atoms with Gasteiger partial charge in [-0.3, -0.25) is 0 Å². The van der Waals surface area contributed by atoms with Crippen LogP contribution < -0.4 is 15.2 Å². The molecule has 0 spiro atoms. The lowest BCUT2D eigenvalue weighted by Crippen LogP contribution is -2.21. The summed E-state index contributed by atoms with van der Waals surface area (Å²) in [5.41, 5.74) is 1.25. The Morgan fingerprint density at radius 1 is 1.04 bits per heavy atom. The van der Waals surface area contributed by atoms with Gasteiger partial charge in [-0.1, -0.05) is 36.0 Å². The molecule has 0 atom stereocenters. The van der Waals surface area contributed by atoms with Gasteiger partial charge in [0, 0.05) is 11.0 Å². The Morgan fingerprint density at radius 3 is 2.78 bits per heavy atom. The molecular formula is C19H14N4O3S. The van der Waals surface area contributed by atoms with E-state index in [2.05, 4.69) is 10.1 Å². The van der Waals surface area contributed by atoms with Crippen molar-refractivity contribution >= 4 is 17.4 Å². The van der Waals surface area contributed by atoms with Crippen LogP contribution in [-0.4, -0.2) is 26.0 Å². The van der Waals surface area contributed by atoms with E-state index in [9.17, 15) is 4.79 Å². The van der Waals surface area contributed by atoms with E-state index in [4.69, 9.17) is 9.47 Å². The summed E-state index contributed by atoms with van der Waals surface area (Å²) in [5, 5.41) is 5.23. The van der Waals surface area contributed by atoms with E-state index in [1.54, 1.807) is 0 Å². The van der Waals surface area contributed by atoms with Crippen LogP contribution in [0.5, 0.6) is 11.5 Å². The molecule has 0 saturated carbocycles. The molecule has 0 N–H and O–H groups in total. The van der Waals surface area contributed by atoms with E-state index >= 15 is 0 Å². The van der Waals surface area contributed by atoms with Crippen LogP contribution in [0.2, 0.25) is 0 Å². The molecule has 2 aromatic heterocycles. The zero-order chi connectivity index (χ0) is 18.2. The minimum absolute atomic E-state index is 0.223. The van der Waals surface area contributed by atoms with Gasteiger partial charge >= 0.3 is 5.69 Å². The maximum Gasteiger partial charge on any atom is 0.351 e. The summed E-state index contributed by atoms with van der Waals surface area (Å²) in [7, 11) is 0. The van der Waals surface area contributed by atoms with Crippen molar-refractivity contribution in [2.24, 2.45) is 0 Å². The third-order valence-electron chi connectivity index (χ3n) is 4.18. The number of hydrogen-bond donors (Lipinski definition) is 0. The van der Waals surface area contributed by atoms with Gasteiger partial charge in [-0.15, -0.1) is 5.10 Å². The third-order valence-corrected chi connectivity index (χ3v) is 5.13. The normalized spacial score (nSPS) is 12.6. The highest BCUT2D eigenvalue weighted by atomic mass is 32.2. The fraction of sp³-hybridized carbons (Fsp3) is 0.105. The number of fused-ring (bicyclic) bond motifs is 2. The lowest BCUT2D eigenvalue weighted by molar-refractivity contribution is 0.174. The fourth-order valence-corrected chi connectivity index (χ4v) is 3.69. The highest BCUT2D eigenvalue weighted by Gasteiger charge is 2.15. The number of aromatic nitrogens is 4. The van der Waals surface area contributed by atoms with Gasteiger partial charge in [0.05, 0.1) is 6.54 Å². The van der Waals surface area contributed by atoms with Crippen molar-refractivity contribution in [1.82, 2.24) is 19.2 Å². The van der Waals surface area contributed by atoms with E-state index in [0.29, 0.717) is 23.7 Å². The Labute approximate surface area is 158 Å². The highest BCUT2D eigenvalue weighted by Crippen LogP contribution is 2.32. The highest BCUT2D eigenvalue weighted by molar-refractivity contribution is 7.99. The van der Waals surface area contributed by atoms with Crippen molar-refractivity contribution in [2.45, 2.75) is 16.5 Å². The Hall–Kier alpha value is -3.26. The number of hydrogen-bond acceptors (Lipinski definition) is 6. The molecule has 0 saturated heterocycles. The topological polar surface area (TPSA) is 70.7 Å². The van der Waals surface area contributed by atoms with Crippen molar-refractivity contribution in [2.75, 3.05) is 6.79 Å². The van der Waals surface area contributed by atoms with Crippen LogP contribution in [0.1, 0.15) is 5.56 Å². The molecule has 0 unspecified atom stereocenters. The van der Waals surface area contributed by atoms with E-state index in [-0.39, 0.29) is 12.5 Å². The Morgan fingerprint density at radius 2 is 1.89 bits per heavy atom. The summed E-state index contributed by atoms with van der Waals surface area (Å²) in [4.78, 5) is 18.0. The van der Waals surface area contributed by atoms with Crippen LogP contribution in [0.25, 0.3) is 5.65 Å². The van der Waals surface area contributed by atoms with Crippen LogP contribution in [0.4, 0.5) is 0 Å². The van der Waals surface area contributed by atoms with Crippen molar-refractivity contribution in [3.63, 3.8) is 0 Å². The van der Waals surface area contributed by atoms with Crippen LogP contribution in [0.15, 0.2) is 75.6 Å². The number of benzene rings is 2. The van der Waals surface area contributed by atoms with Gasteiger partial charge in [0.2, 0.25) is 6.79 Å². The predicted molar refractivity (Wildman–Crippen MR) is 99.5 cm³/mol. The predicted octanol–water partition coefficient (Wildman–Crippen LogP) is 2.82. The summed E-state index contributed by atoms with van der Waals surface area (Å²) >= 11 is 1.53. The quantitative estimate of drug-likeness (QED) is 0.509. The Balaban J connectivity index is 1.45. The molecule has 1 aliphatic heterocycles. The number of nitrogens with zero attached hydrogens (tertiary/aromatic N) is 4. The summed E-state index contributed by atoms with van der Waals surface area (Å²) in [6.45, 7) is 0.568. The molecule has 4 aromatic rings. The second kappa shape index (κ2) is 6.48. The molecule has 0 aliphatic carbocycles. The van der Waals surface area contributed by atoms with Gasteiger partial charge in [-0.25, -0.2) is 18.9 Å². The molecule has 1 aliphatic rings. The summed E-state index contributed by atoms with van der Waals surface area (Å²) in [6.07, 6.45) is 1.52. The first kappa shape index (κ1) is 16.0. The van der Waals surface area contributed by atoms with Gasteiger partial charge < -0.3 is 9.47 Å². The smallest absolute Gasteiger partial charge is 0.351 e. The van der Waals surface area contributed by atoms with Crippen LogP contribution in [0.3, 0.4) is 0 Å². The molecule has 0 radical (unpaired) electrons. The van der Waals surface area contributed by atoms with Crippen molar-refractivity contribution in [1.29, 1.82) is 0 Å². The minimum atomic E-state index is -0.230. The lowest BCUT2D eigenvalue weighted by Gasteiger charge is -2.02. The minimum Gasteiger partial charge on any atom is -0.454 e. The first-order valence-electron chi connectivity index (χ1n) is 8.33. The van der Waals surface area contributed by atoms with Gasteiger partial charge in [0.15, 0.2) is 17.1 Å². The molecule has 0 amide bonds. The average Bonchev–Trinajstić information content (AvgIpc) is 3.27. The molecule has 3 heterocycles. The molecule has 7 nitrogen and oxygen atoms in total. The van der Waals surface area contributed by atoms with Crippen molar-refractivity contribution in [3.05, 3.63) is 77.0 Å². The maximum absolute atomic E-state index is 12.6. The lowest BCUT2D eigenvalue weighted by atomic mass is 10.2. The maximum atomic E-state index is 12.6. The average molecular weight is 378 g/mol. The molecule has 2 aromatic carbocycles. The summed E-state index contributed by atoms with van der Waals surface area (Å²) in [5.74, 6) is 1.40. The standard InChI is InChI=1S/C19H14N4O3S/c24-19-22-11-20-18(27-14-4-2-1-3-5-14)9-17(22)21-23(19)10-13-6-7-15-16(8-13)26-12-25-15/h1-9,11H,10,12H2. The second-order valence-electron chi connectivity index (χ2n) is 6.00. The molecular weight excluding hydrogens is 364 g/mol.